The van der Waals surface area contributed by atoms with Crippen molar-refractivity contribution >= 4 is 22.7 Å². The monoisotopic (exact) mass is 429 g/mol. The highest BCUT2D eigenvalue weighted by atomic mass is 16.5. The van der Waals surface area contributed by atoms with Crippen LogP contribution in [0.4, 0.5) is 0 Å². The number of hydrogen-bond donors (Lipinski definition) is 1. The van der Waals surface area contributed by atoms with Crippen molar-refractivity contribution in [3.8, 4) is 0 Å². The zero-order valence-corrected chi connectivity index (χ0v) is 18.2. The molecule has 0 aliphatic carbocycles. The van der Waals surface area contributed by atoms with Gasteiger partial charge < -0.3 is 19.5 Å². The second-order valence-corrected chi connectivity index (χ2v) is 9.25. The average Bonchev–Trinajstić information content (AvgIpc) is 3.43. The van der Waals surface area contributed by atoms with E-state index in [2.05, 4.69) is 42.2 Å². The fourth-order valence-corrected chi connectivity index (χ4v) is 5.70. The SMILES string of the molecule is Cc1cccc([C@@H]2c3[nH]c4ccccc4c3C[C@H]3C(=O)N(C[C@H]4CCCO4)CC(=O)N23)c1. The maximum absolute atomic E-state index is 13.7. The van der Waals surface area contributed by atoms with Gasteiger partial charge in [-0.3, -0.25) is 9.59 Å². The topological polar surface area (TPSA) is 65.6 Å². The number of H-pyrrole nitrogens is 1. The molecular weight excluding hydrogens is 402 g/mol. The Morgan fingerprint density at radius 1 is 1.12 bits per heavy atom. The number of para-hydroxylation sites is 1. The summed E-state index contributed by atoms with van der Waals surface area (Å²) in [4.78, 5) is 34.3. The van der Waals surface area contributed by atoms with Crippen LogP contribution in [0, 0.1) is 6.92 Å². The Bertz CT molecular complexity index is 1210. The third-order valence-electron chi connectivity index (χ3n) is 7.15. The quantitative estimate of drug-likeness (QED) is 0.695. The molecule has 6 rings (SSSR count). The molecule has 3 aliphatic heterocycles. The molecule has 3 atom stereocenters. The Kier molecular flexibility index (Phi) is 4.57. The number of rotatable bonds is 3. The van der Waals surface area contributed by atoms with Crippen LogP contribution in [-0.4, -0.2) is 58.4 Å². The fraction of sp³-hybridized carbons (Fsp3) is 0.385. The molecule has 0 unspecified atom stereocenters. The first-order valence-corrected chi connectivity index (χ1v) is 11.5. The molecule has 0 saturated carbocycles. The Hall–Kier alpha value is -3.12. The van der Waals surface area contributed by atoms with Crippen LogP contribution in [0.5, 0.6) is 0 Å². The summed E-state index contributed by atoms with van der Waals surface area (Å²) in [6.07, 6.45) is 2.54. The number of piperazine rings is 1. The average molecular weight is 430 g/mol. The molecule has 3 aliphatic rings. The van der Waals surface area contributed by atoms with Crippen molar-refractivity contribution < 1.29 is 14.3 Å². The van der Waals surface area contributed by atoms with E-state index in [9.17, 15) is 9.59 Å². The number of ether oxygens (including phenoxy) is 1. The number of fused-ring (bicyclic) bond motifs is 4. The van der Waals surface area contributed by atoms with Crippen molar-refractivity contribution in [2.75, 3.05) is 19.7 Å². The molecular formula is C26H27N3O3. The second-order valence-electron chi connectivity index (χ2n) is 9.25. The number of aryl methyl sites for hydroxylation is 1. The summed E-state index contributed by atoms with van der Waals surface area (Å²) in [6.45, 7) is 3.42. The summed E-state index contributed by atoms with van der Waals surface area (Å²) < 4.78 is 5.76. The summed E-state index contributed by atoms with van der Waals surface area (Å²) in [5.41, 5.74) is 5.40. The number of hydrogen-bond acceptors (Lipinski definition) is 3. The van der Waals surface area contributed by atoms with Gasteiger partial charge in [-0.2, -0.15) is 0 Å². The van der Waals surface area contributed by atoms with E-state index in [0.717, 1.165) is 52.7 Å². The smallest absolute Gasteiger partial charge is 0.246 e. The van der Waals surface area contributed by atoms with E-state index in [1.165, 1.54) is 0 Å². The zero-order chi connectivity index (χ0) is 21.8. The van der Waals surface area contributed by atoms with Gasteiger partial charge in [-0.1, -0.05) is 48.0 Å². The summed E-state index contributed by atoms with van der Waals surface area (Å²) >= 11 is 0. The molecule has 6 heteroatoms. The first-order chi connectivity index (χ1) is 15.6. The van der Waals surface area contributed by atoms with E-state index in [1.54, 1.807) is 4.90 Å². The van der Waals surface area contributed by atoms with Crippen LogP contribution in [-0.2, 0) is 20.7 Å². The van der Waals surface area contributed by atoms with Crippen LogP contribution < -0.4 is 0 Å². The minimum atomic E-state index is -0.491. The third-order valence-corrected chi connectivity index (χ3v) is 7.15. The number of carbonyl (C=O) groups is 2. The lowest BCUT2D eigenvalue weighted by Crippen LogP contribution is -2.63. The highest BCUT2D eigenvalue weighted by molar-refractivity contribution is 5.97. The van der Waals surface area contributed by atoms with Gasteiger partial charge in [-0.15, -0.1) is 0 Å². The van der Waals surface area contributed by atoms with Crippen molar-refractivity contribution in [1.29, 1.82) is 0 Å². The largest absolute Gasteiger partial charge is 0.376 e. The Labute approximate surface area is 187 Å². The van der Waals surface area contributed by atoms with Crippen molar-refractivity contribution in [3.63, 3.8) is 0 Å². The number of nitrogens with one attached hydrogen (secondary N) is 1. The normalized spacial score (nSPS) is 25.3. The minimum Gasteiger partial charge on any atom is -0.376 e. The van der Waals surface area contributed by atoms with Crippen molar-refractivity contribution in [3.05, 3.63) is 70.9 Å². The first-order valence-electron chi connectivity index (χ1n) is 11.5. The van der Waals surface area contributed by atoms with E-state index in [4.69, 9.17) is 4.74 Å². The van der Waals surface area contributed by atoms with Crippen molar-refractivity contribution in [2.45, 2.75) is 44.4 Å². The van der Waals surface area contributed by atoms with Gasteiger partial charge in [0.05, 0.1) is 18.7 Å². The second kappa shape index (κ2) is 7.48. The molecule has 0 radical (unpaired) electrons. The maximum atomic E-state index is 13.7. The summed E-state index contributed by atoms with van der Waals surface area (Å²) in [5.74, 6) is 0.0390. The van der Waals surface area contributed by atoms with E-state index in [1.807, 2.05) is 23.1 Å². The molecule has 3 aromatic rings. The van der Waals surface area contributed by atoms with Gasteiger partial charge in [0.15, 0.2) is 0 Å². The number of aromatic amines is 1. The number of aromatic nitrogens is 1. The zero-order valence-electron chi connectivity index (χ0n) is 18.2. The molecule has 32 heavy (non-hydrogen) atoms. The van der Waals surface area contributed by atoms with E-state index in [0.29, 0.717) is 13.0 Å². The summed E-state index contributed by atoms with van der Waals surface area (Å²) in [6, 6.07) is 15.7. The molecule has 6 nitrogen and oxygen atoms in total. The lowest BCUT2D eigenvalue weighted by atomic mass is 9.86. The van der Waals surface area contributed by atoms with Crippen molar-refractivity contribution in [1.82, 2.24) is 14.8 Å². The number of benzene rings is 2. The minimum absolute atomic E-state index is 0.00316. The fourth-order valence-electron chi connectivity index (χ4n) is 5.70. The lowest BCUT2D eigenvalue weighted by Gasteiger charge is -2.47. The molecule has 2 fully saturated rings. The molecule has 0 bridgehead atoms. The number of carbonyl (C=O) groups excluding carboxylic acids is 2. The summed E-state index contributed by atoms with van der Waals surface area (Å²) in [5, 5.41) is 1.14. The van der Waals surface area contributed by atoms with Gasteiger partial charge in [0, 0.05) is 36.2 Å². The van der Waals surface area contributed by atoms with Gasteiger partial charge in [0.25, 0.3) is 0 Å². The van der Waals surface area contributed by atoms with E-state index in [-0.39, 0.29) is 30.5 Å². The van der Waals surface area contributed by atoms with Crippen LogP contribution in [0.3, 0.4) is 0 Å². The van der Waals surface area contributed by atoms with Gasteiger partial charge >= 0.3 is 0 Å². The summed E-state index contributed by atoms with van der Waals surface area (Å²) in [7, 11) is 0. The highest BCUT2D eigenvalue weighted by Crippen LogP contribution is 2.42. The van der Waals surface area contributed by atoms with Gasteiger partial charge in [0.2, 0.25) is 11.8 Å². The highest BCUT2D eigenvalue weighted by Gasteiger charge is 2.48. The van der Waals surface area contributed by atoms with Crippen LogP contribution in [0.2, 0.25) is 0 Å². The van der Waals surface area contributed by atoms with Crippen LogP contribution in [0.15, 0.2) is 48.5 Å². The molecule has 2 aromatic carbocycles. The molecule has 0 spiro atoms. The predicted octanol–water partition coefficient (Wildman–Crippen LogP) is 3.34. The Morgan fingerprint density at radius 2 is 2.00 bits per heavy atom. The predicted molar refractivity (Wildman–Crippen MR) is 121 cm³/mol. The molecule has 2 amide bonds. The number of amides is 2. The molecule has 1 aromatic heterocycles. The van der Waals surface area contributed by atoms with Gasteiger partial charge in [-0.05, 0) is 37.0 Å². The third kappa shape index (κ3) is 3.05. The van der Waals surface area contributed by atoms with Crippen LogP contribution in [0.1, 0.15) is 41.3 Å². The Balaban J connectivity index is 1.46. The van der Waals surface area contributed by atoms with Crippen LogP contribution >= 0.6 is 0 Å². The van der Waals surface area contributed by atoms with E-state index < -0.39 is 6.04 Å². The molecule has 4 heterocycles. The lowest BCUT2D eigenvalue weighted by molar-refractivity contribution is -0.159. The standard InChI is InChI=1S/C26H27N3O3/c1-16-6-4-7-17(12-16)25-24-20(19-9-2-3-10-21(19)27-24)13-22-26(31)28(15-23(30)29(22)25)14-18-8-5-11-32-18/h2-4,6-7,9-10,12,18,22,25,27H,5,8,11,13-15H2,1H3/t18-,22+,25-/m1/s1. The molecule has 1 N–H and O–H groups in total. The van der Waals surface area contributed by atoms with Crippen molar-refractivity contribution in [2.24, 2.45) is 0 Å². The van der Waals surface area contributed by atoms with Gasteiger partial charge in [0.1, 0.15) is 6.04 Å². The first kappa shape index (κ1) is 19.6. The van der Waals surface area contributed by atoms with Gasteiger partial charge in [-0.25, -0.2) is 0 Å². The Morgan fingerprint density at radius 3 is 2.81 bits per heavy atom. The van der Waals surface area contributed by atoms with Crippen LogP contribution in [0.25, 0.3) is 10.9 Å². The molecule has 164 valence electrons. The number of nitrogens with zero attached hydrogens (tertiary/aromatic N) is 2. The maximum Gasteiger partial charge on any atom is 0.246 e. The van der Waals surface area contributed by atoms with E-state index >= 15 is 0 Å². The molecule has 2 saturated heterocycles.